The Balaban J connectivity index is 1.78. The van der Waals surface area contributed by atoms with E-state index >= 15 is 0 Å². The van der Waals surface area contributed by atoms with Gasteiger partial charge in [0.15, 0.2) is 0 Å². The van der Waals surface area contributed by atoms with Crippen molar-refractivity contribution in [1.29, 1.82) is 0 Å². The van der Waals surface area contributed by atoms with Crippen molar-refractivity contribution >= 4 is 47.1 Å². The third-order valence-corrected chi connectivity index (χ3v) is 7.59. The summed E-state index contributed by atoms with van der Waals surface area (Å²) in [4.78, 5) is 64.4. The van der Waals surface area contributed by atoms with Crippen LogP contribution in [0, 0.1) is 18.8 Å². The molecule has 2 aromatic carbocycles. The van der Waals surface area contributed by atoms with E-state index in [1.165, 1.54) is 25.3 Å². The van der Waals surface area contributed by atoms with Gasteiger partial charge in [-0.25, -0.2) is 14.5 Å². The van der Waals surface area contributed by atoms with Crippen LogP contribution < -0.4 is 21.3 Å². The van der Waals surface area contributed by atoms with Crippen LogP contribution in [0.5, 0.6) is 0 Å². The summed E-state index contributed by atoms with van der Waals surface area (Å²) in [7, 11) is 1.25. The van der Waals surface area contributed by atoms with Crippen molar-refractivity contribution in [3.63, 3.8) is 0 Å². The number of rotatable bonds is 8. The Hall–Kier alpha value is -3.96. The zero-order valence-corrected chi connectivity index (χ0v) is 21.4. The van der Waals surface area contributed by atoms with E-state index in [0.29, 0.717) is 10.6 Å². The number of benzene rings is 2. The second-order valence-corrected chi connectivity index (χ2v) is 9.76. The summed E-state index contributed by atoms with van der Waals surface area (Å²) in [6.45, 7) is 1.86. The van der Waals surface area contributed by atoms with Crippen molar-refractivity contribution in [3.8, 4) is 0 Å². The predicted octanol–water partition coefficient (Wildman–Crippen LogP) is 2.16. The molecule has 0 aliphatic carbocycles. The summed E-state index contributed by atoms with van der Waals surface area (Å²) in [5, 5.41) is 16.3. The van der Waals surface area contributed by atoms with E-state index in [2.05, 4.69) is 10.6 Å². The molecule has 200 valence electrons. The second kappa shape index (κ2) is 10.4. The SMILES string of the molecule is COC(=O)c1ccc(C2NC(CCCNC(N)=O)(C(=O)O)C3C(=O)N(c4ccc(C)c(Cl)c4)C(=O)C23)cc1. The van der Waals surface area contributed by atoms with Gasteiger partial charge in [-0.2, -0.15) is 0 Å². The number of urea groups is 1. The molecule has 2 aromatic rings. The molecule has 2 heterocycles. The number of carbonyl (C=O) groups excluding carboxylic acids is 4. The van der Waals surface area contributed by atoms with Gasteiger partial charge in [-0.05, 0) is 55.2 Å². The number of amides is 4. The maximum absolute atomic E-state index is 13.8. The molecule has 0 spiro atoms. The first-order chi connectivity index (χ1) is 18.0. The van der Waals surface area contributed by atoms with Gasteiger partial charge in [0, 0.05) is 17.6 Å². The molecule has 0 saturated carbocycles. The number of fused-ring (bicyclic) bond motifs is 1. The molecule has 11 nitrogen and oxygen atoms in total. The fraction of sp³-hybridized carbons (Fsp3) is 0.346. The van der Waals surface area contributed by atoms with Crippen LogP contribution in [0.2, 0.25) is 5.02 Å². The number of anilines is 1. The number of imide groups is 1. The lowest BCUT2D eigenvalue weighted by Gasteiger charge is -2.31. The molecule has 38 heavy (non-hydrogen) atoms. The molecule has 4 unspecified atom stereocenters. The topological polar surface area (TPSA) is 168 Å². The zero-order chi connectivity index (χ0) is 27.8. The third kappa shape index (κ3) is 4.59. The average Bonchev–Trinajstić information content (AvgIpc) is 3.37. The molecular formula is C26H27ClN4O7. The van der Waals surface area contributed by atoms with Gasteiger partial charge >= 0.3 is 18.0 Å². The largest absolute Gasteiger partial charge is 0.480 e. The number of halogens is 1. The van der Waals surface area contributed by atoms with Gasteiger partial charge in [-0.15, -0.1) is 0 Å². The Morgan fingerprint density at radius 1 is 1.16 bits per heavy atom. The molecular weight excluding hydrogens is 516 g/mol. The van der Waals surface area contributed by atoms with Gasteiger partial charge in [0.2, 0.25) is 11.8 Å². The van der Waals surface area contributed by atoms with Crippen LogP contribution in [-0.2, 0) is 19.1 Å². The number of carbonyl (C=O) groups is 5. The highest BCUT2D eigenvalue weighted by Crippen LogP contribution is 2.51. The van der Waals surface area contributed by atoms with Gasteiger partial charge in [0.05, 0.1) is 30.2 Å². The highest BCUT2D eigenvalue weighted by molar-refractivity contribution is 6.32. The maximum Gasteiger partial charge on any atom is 0.337 e. The first-order valence-corrected chi connectivity index (χ1v) is 12.3. The van der Waals surface area contributed by atoms with Crippen molar-refractivity contribution in [2.24, 2.45) is 17.6 Å². The number of methoxy groups -OCH3 is 1. The Bertz CT molecular complexity index is 1320. The lowest BCUT2D eigenvalue weighted by Crippen LogP contribution is -2.56. The molecule has 2 fully saturated rings. The lowest BCUT2D eigenvalue weighted by molar-refractivity contribution is -0.149. The molecule has 5 N–H and O–H groups in total. The van der Waals surface area contributed by atoms with E-state index in [-0.39, 0.29) is 30.6 Å². The van der Waals surface area contributed by atoms with Crippen LogP contribution in [0.25, 0.3) is 0 Å². The highest BCUT2D eigenvalue weighted by Gasteiger charge is 2.68. The van der Waals surface area contributed by atoms with Crippen molar-refractivity contribution < 1.29 is 33.8 Å². The number of aliphatic carboxylic acids is 1. The van der Waals surface area contributed by atoms with Crippen LogP contribution in [0.3, 0.4) is 0 Å². The van der Waals surface area contributed by atoms with E-state index in [4.69, 9.17) is 22.1 Å². The molecule has 2 aliphatic rings. The van der Waals surface area contributed by atoms with Gasteiger partial charge in [-0.3, -0.25) is 19.7 Å². The van der Waals surface area contributed by atoms with Crippen molar-refractivity contribution in [2.75, 3.05) is 18.6 Å². The standard InChI is InChI=1S/C26H27ClN4O7/c1-13-4-9-16(12-17(13)27)31-21(32)18-19(22(31)33)26(24(35)36,10-3-11-29-25(28)37)30-20(18)14-5-7-15(8-6-14)23(34)38-2/h4-9,12,18-20,30H,3,10-11H2,1-2H3,(H,35,36)(H3,28,29,37). The average molecular weight is 543 g/mol. The minimum absolute atomic E-state index is 0.0674. The number of ether oxygens (including phenoxy) is 1. The molecule has 12 heteroatoms. The number of carboxylic acid groups (broad SMARTS) is 1. The fourth-order valence-corrected chi connectivity index (χ4v) is 5.50. The van der Waals surface area contributed by atoms with Crippen LogP contribution in [0.4, 0.5) is 10.5 Å². The van der Waals surface area contributed by atoms with Gasteiger partial charge < -0.3 is 20.9 Å². The number of primary amides is 1. The Kier molecular flexibility index (Phi) is 7.43. The van der Waals surface area contributed by atoms with Crippen LogP contribution in [0.1, 0.15) is 40.4 Å². The molecule has 4 rings (SSSR count). The normalized spacial score (nSPS) is 24.3. The number of hydrogen-bond acceptors (Lipinski definition) is 7. The number of hydrogen-bond donors (Lipinski definition) is 4. The summed E-state index contributed by atoms with van der Waals surface area (Å²) < 4.78 is 4.73. The quantitative estimate of drug-likeness (QED) is 0.223. The molecule has 4 amide bonds. The molecule has 0 bridgehead atoms. The van der Waals surface area contributed by atoms with Crippen LogP contribution in [0.15, 0.2) is 42.5 Å². The van der Waals surface area contributed by atoms with Crippen molar-refractivity contribution in [1.82, 2.24) is 10.6 Å². The van der Waals surface area contributed by atoms with Crippen molar-refractivity contribution in [2.45, 2.75) is 31.3 Å². The van der Waals surface area contributed by atoms with E-state index in [1.807, 2.05) is 0 Å². The summed E-state index contributed by atoms with van der Waals surface area (Å²) in [6, 6.07) is 9.35. The number of esters is 1. The predicted molar refractivity (Wildman–Crippen MR) is 137 cm³/mol. The summed E-state index contributed by atoms with van der Waals surface area (Å²) in [5.41, 5.74) is 5.11. The lowest BCUT2D eigenvalue weighted by atomic mass is 9.77. The number of nitrogens with two attached hydrogens (primary N) is 1. The zero-order valence-electron chi connectivity index (χ0n) is 20.7. The molecule has 2 aliphatic heterocycles. The third-order valence-electron chi connectivity index (χ3n) is 7.19. The first-order valence-electron chi connectivity index (χ1n) is 11.9. The van der Waals surface area contributed by atoms with Gasteiger partial charge in [-0.1, -0.05) is 29.8 Å². The monoisotopic (exact) mass is 542 g/mol. The van der Waals surface area contributed by atoms with E-state index in [0.717, 1.165) is 10.5 Å². The second-order valence-electron chi connectivity index (χ2n) is 9.36. The Morgan fingerprint density at radius 2 is 1.84 bits per heavy atom. The van der Waals surface area contributed by atoms with E-state index < -0.39 is 53.2 Å². The number of nitrogens with one attached hydrogen (secondary N) is 2. The molecule has 4 atom stereocenters. The summed E-state index contributed by atoms with van der Waals surface area (Å²) in [5.74, 6) is -5.37. The smallest absolute Gasteiger partial charge is 0.337 e. The minimum Gasteiger partial charge on any atom is -0.480 e. The number of nitrogens with zero attached hydrogens (tertiary/aromatic N) is 1. The van der Waals surface area contributed by atoms with Gasteiger partial charge in [0.25, 0.3) is 0 Å². The van der Waals surface area contributed by atoms with Crippen molar-refractivity contribution in [3.05, 3.63) is 64.2 Å². The Morgan fingerprint density at radius 3 is 2.42 bits per heavy atom. The molecule has 0 radical (unpaired) electrons. The van der Waals surface area contributed by atoms with Crippen LogP contribution in [-0.4, -0.2) is 54.1 Å². The number of carboxylic acids is 1. The molecule has 0 aromatic heterocycles. The highest BCUT2D eigenvalue weighted by atomic mass is 35.5. The maximum atomic E-state index is 13.8. The summed E-state index contributed by atoms with van der Waals surface area (Å²) in [6.07, 6.45) is 0.110. The Labute approximate surface area is 223 Å². The minimum atomic E-state index is -1.81. The first kappa shape index (κ1) is 27.1. The van der Waals surface area contributed by atoms with E-state index in [9.17, 15) is 29.1 Å². The molecule has 2 saturated heterocycles. The van der Waals surface area contributed by atoms with Gasteiger partial charge in [0.1, 0.15) is 5.54 Å². The summed E-state index contributed by atoms with van der Waals surface area (Å²) >= 11 is 6.26. The number of aryl methyl sites for hydroxylation is 1. The van der Waals surface area contributed by atoms with E-state index in [1.54, 1.807) is 31.2 Å². The fourth-order valence-electron chi connectivity index (χ4n) is 5.32. The van der Waals surface area contributed by atoms with Crippen LogP contribution >= 0.6 is 11.6 Å².